The van der Waals surface area contributed by atoms with Gasteiger partial charge in [0.25, 0.3) is 0 Å². The second kappa shape index (κ2) is 4.22. The van der Waals surface area contributed by atoms with E-state index in [0.717, 1.165) is 29.8 Å². The molecule has 14 heavy (non-hydrogen) atoms. The van der Waals surface area contributed by atoms with Crippen molar-refractivity contribution in [2.75, 3.05) is 0 Å². The first-order chi connectivity index (χ1) is 6.66. The predicted molar refractivity (Wildman–Crippen MR) is 61.3 cm³/mol. The topological polar surface area (TPSA) is 12.0 Å². The van der Waals surface area contributed by atoms with Crippen LogP contribution in [0.25, 0.3) is 0 Å². The molecule has 1 saturated carbocycles. The molecular formula is C13H25N. The minimum Gasteiger partial charge on any atom is -0.311 e. The molecule has 1 aliphatic carbocycles. The fraction of sp³-hybridized carbons (Fsp3) is 1.00. The zero-order valence-corrected chi connectivity index (χ0v) is 9.92. The van der Waals surface area contributed by atoms with Crippen molar-refractivity contribution in [2.45, 2.75) is 65.0 Å². The normalized spacial score (nSPS) is 49.5. The van der Waals surface area contributed by atoms with Gasteiger partial charge in [-0.15, -0.1) is 0 Å². The molecule has 1 N–H and O–H groups in total. The molecule has 0 radical (unpaired) electrons. The third-order valence-corrected chi connectivity index (χ3v) is 4.48. The van der Waals surface area contributed by atoms with Gasteiger partial charge in [-0.25, -0.2) is 0 Å². The van der Waals surface area contributed by atoms with Gasteiger partial charge in [0.15, 0.2) is 0 Å². The third-order valence-electron chi connectivity index (χ3n) is 4.48. The van der Waals surface area contributed by atoms with Crippen LogP contribution in [0.5, 0.6) is 0 Å². The highest BCUT2D eigenvalue weighted by Crippen LogP contribution is 2.38. The molecule has 0 bridgehead atoms. The maximum atomic E-state index is 3.68. The quantitative estimate of drug-likeness (QED) is 0.677. The Morgan fingerprint density at radius 3 is 2.07 bits per heavy atom. The Morgan fingerprint density at radius 2 is 1.57 bits per heavy atom. The summed E-state index contributed by atoms with van der Waals surface area (Å²) in [6.07, 6.45) is 7.35. The average molecular weight is 195 g/mol. The zero-order valence-electron chi connectivity index (χ0n) is 9.92. The van der Waals surface area contributed by atoms with Crippen LogP contribution >= 0.6 is 0 Å². The van der Waals surface area contributed by atoms with E-state index in [-0.39, 0.29) is 0 Å². The average Bonchev–Trinajstić information content (AvgIpc) is 2.47. The Balaban J connectivity index is 1.89. The van der Waals surface area contributed by atoms with Crippen molar-refractivity contribution in [2.24, 2.45) is 17.8 Å². The molecule has 2 aliphatic rings. The largest absolute Gasteiger partial charge is 0.311 e. The molecule has 3 unspecified atom stereocenters. The van der Waals surface area contributed by atoms with E-state index in [0.29, 0.717) is 0 Å². The summed E-state index contributed by atoms with van der Waals surface area (Å²) in [5.41, 5.74) is 0. The molecule has 1 saturated heterocycles. The molecule has 1 heterocycles. The third kappa shape index (κ3) is 2.13. The lowest BCUT2D eigenvalue weighted by atomic mass is 9.74. The van der Waals surface area contributed by atoms with Crippen molar-refractivity contribution in [1.29, 1.82) is 0 Å². The lowest BCUT2D eigenvalue weighted by Crippen LogP contribution is -2.31. The van der Waals surface area contributed by atoms with Crippen LogP contribution in [-0.2, 0) is 0 Å². The Hall–Kier alpha value is -0.0400. The summed E-state index contributed by atoms with van der Waals surface area (Å²) in [7, 11) is 0. The second-order valence-electron chi connectivity index (χ2n) is 5.78. The summed E-state index contributed by atoms with van der Waals surface area (Å²) in [5.74, 6) is 2.99. The van der Waals surface area contributed by atoms with E-state index in [1.165, 1.54) is 32.1 Å². The van der Waals surface area contributed by atoms with Gasteiger partial charge in [0.05, 0.1) is 0 Å². The molecule has 2 rings (SSSR count). The molecular weight excluding hydrogens is 170 g/mol. The van der Waals surface area contributed by atoms with Gasteiger partial charge >= 0.3 is 0 Å². The molecule has 1 heteroatoms. The van der Waals surface area contributed by atoms with E-state index in [9.17, 15) is 0 Å². The summed E-state index contributed by atoms with van der Waals surface area (Å²) < 4.78 is 0. The van der Waals surface area contributed by atoms with Crippen molar-refractivity contribution in [3.63, 3.8) is 0 Å². The number of hydrogen-bond acceptors (Lipinski definition) is 1. The van der Waals surface area contributed by atoms with E-state index in [4.69, 9.17) is 0 Å². The summed E-state index contributed by atoms with van der Waals surface area (Å²) in [6.45, 7) is 7.13. The molecule has 0 aromatic rings. The van der Waals surface area contributed by atoms with Crippen LogP contribution in [-0.4, -0.2) is 12.1 Å². The standard InChI is InChI=1S/C13H25N/c1-9-4-6-12(7-5-9)13-8-10(2)14-11(13)3/h9-14H,4-8H2,1-3H3. The molecule has 2 fully saturated rings. The highest BCUT2D eigenvalue weighted by molar-refractivity contribution is 4.90. The lowest BCUT2D eigenvalue weighted by Gasteiger charge is -2.32. The fourth-order valence-electron chi connectivity index (χ4n) is 3.57. The Morgan fingerprint density at radius 1 is 0.929 bits per heavy atom. The van der Waals surface area contributed by atoms with Crippen LogP contribution < -0.4 is 5.32 Å². The van der Waals surface area contributed by atoms with Crippen LogP contribution in [0.4, 0.5) is 0 Å². The van der Waals surface area contributed by atoms with E-state index < -0.39 is 0 Å². The molecule has 1 nitrogen and oxygen atoms in total. The van der Waals surface area contributed by atoms with Gasteiger partial charge in [0.2, 0.25) is 0 Å². The summed E-state index contributed by atoms with van der Waals surface area (Å²) >= 11 is 0. The van der Waals surface area contributed by atoms with Crippen LogP contribution in [0.2, 0.25) is 0 Å². The first kappa shape index (κ1) is 10.5. The van der Waals surface area contributed by atoms with Gasteiger partial charge in [-0.05, 0) is 50.9 Å². The van der Waals surface area contributed by atoms with Gasteiger partial charge in [-0.1, -0.05) is 19.8 Å². The highest BCUT2D eigenvalue weighted by atomic mass is 15.0. The van der Waals surface area contributed by atoms with Crippen LogP contribution in [0, 0.1) is 17.8 Å². The fourth-order valence-corrected chi connectivity index (χ4v) is 3.57. The van der Waals surface area contributed by atoms with Gasteiger partial charge < -0.3 is 5.32 Å². The summed E-state index contributed by atoms with van der Waals surface area (Å²) in [5, 5.41) is 3.68. The summed E-state index contributed by atoms with van der Waals surface area (Å²) in [6, 6.07) is 1.53. The minimum absolute atomic E-state index is 0.759. The number of hydrogen-bond donors (Lipinski definition) is 1. The van der Waals surface area contributed by atoms with E-state index in [1.807, 2.05) is 0 Å². The van der Waals surface area contributed by atoms with Crippen LogP contribution in [0.15, 0.2) is 0 Å². The van der Waals surface area contributed by atoms with E-state index in [2.05, 4.69) is 26.1 Å². The Bertz CT molecular complexity index is 182. The molecule has 0 spiro atoms. The first-order valence-corrected chi connectivity index (χ1v) is 6.43. The molecule has 0 aromatic heterocycles. The molecule has 0 aromatic carbocycles. The molecule has 0 amide bonds. The lowest BCUT2D eigenvalue weighted by molar-refractivity contribution is 0.202. The summed E-state index contributed by atoms with van der Waals surface area (Å²) in [4.78, 5) is 0. The van der Waals surface area contributed by atoms with Crippen molar-refractivity contribution >= 4 is 0 Å². The Labute approximate surface area is 88.7 Å². The SMILES string of the molecule is CC1CCC(C2CC(C)NC2C)CC1. The predicted octanol–water partition coefficient (Wildman–Crippen LogP) is 3.20. The highest BCUT2D eigenvalue weighted by Gasteiger charge is 2.35. The first-order valence-electron chi connectivity index (χ1n) is 6.43. The monoisotopic (exact) mass is 195 g/mol. The van der Waals surface area contributed by atoms with Crippen molar-refractivity contribution in [1.82, 2.24) is 5.32 Å². The molecule has 82 valence electrons. The van der Waals surface area contributed by atoms with Gasteiger partial charge in [0.1, 0.15) is 0 Å². The smallest absolute Gasteiger partial charge is 0.00726 e. The van der Waals surface area contributed by atoms with E-state index >= 15 is 0 Å². The van der Waals surface area contributed by atoms with Crippen molar-refractivity contribution in [3.05, 3.63) is 0 Å². The molecule has 3 atom stereocenters. The maximum Gasteiger partial charge on any atom is 0.00726 e. The van der Waals surface area contributed by atoms with Gasteiger partial charge in [-0.3, -0.25) is 0 Å². The van der Waals surface area contributed by atoms with Gasteiger partial charge in [0, 0.05) is 12.1 Å². The van der Waals surface area contributed by atoms with E-state index in [1.54, 1.807) is 0 Å². The number of nitrogens with one attached hydrogen (secondary N) is 1. The Kier molecular flexibility index (Phi) is 3.16. The second-order valence-corrected chi connectivity index (χ2v) is 5.78. The van der Waals surface area contributed by atoms with Crippen molar-refractivity contribution < 1.29 is 0 Å². The van der Waals surface area contributed by atoms with Crippen molar-refractivity contribution in [3.8, 4) is 0 Å². The minimum atomic E-state index is 0.759. The molecule has 1 aliphatic heterocycles. The van der Waals surface area contributed by atoms with Crippen LogP contribution in [0.3, 0.4) is 0 Å². The number of rotatable bonds is 1. The maximum absolute atomic E-state index is 3.68. The van der Waals surface area contributed by atoms with Crippen LogP contribution in [0.1, 0.15) is 52.9 Å². The van der Waals surface area contributed by atoms with Gasteiger partial charge in [-0.2, -0.15) is 0 Å². The zero-order chi connectivity index (χ0) is 10.1.